The lowest BCUT2D eigenvalue weighted by molar-refractivity contribution is 0.373. The van der Waals surface area contributed by atoms with Gasteiger partial charge < -0.3 is 14.0 Å². The van der Waals surface area contributed by atoms with Crippen LogP contribution in [0.25, 0.3) is 22.2 Å². The van der Waals surface area contributed by atoms with Crippen molar-refractivity contribution in [2.75, 3.05) is 18.9 Å². The quantitative estimate of drug-likeness (QED) is 0.498. The standard InChI is InChI=1S/C21H19N3O5S/c1-13-11-15-19(12-14(13)16-7-4-5-10-22-16)29-23-21(15)24-30(25,26)20-17(27-2)8-6-9-18(20)28-3/h4-12H,1-3H3,(H,23,24). The number of benzene rings is 2. The first kappa shape index (κ1) is 19.7. The van der Waals surface area contributed by atoms with Gasteiger partial charge >= 0.3 is 0 Å². The summed E-state index contributed by atoms with van der Waals surface area (Å²) in [6, 6.07) is 14.0. The number of rotatable bonds is 6. The van der Waals surface area contributed by atoms with Crippen LogP contribution in [-0.4, -0.2) is 32.8 Å². The number of aromatic nitrogens is 2. The first-order valence-electron chi connectivity index (χ1n) is 9.00. The number of aryl methyl sites for hydroxylation is 1. The van der Waals surface area contributed by atoms with E-state index in [9.17, 15) is 8.42 Å². The average Bonchev–Trinajstić information content (AvgIpc) is 3.13. The second kappa shape index (κ2) is 7.68. The van der Waals surface area contributed by atoms with Crippen LogP contribution in [0.2, 0.25) is 0 Å². The van der Waals surface area contributed by atoms with Gasteiger partial charge in [-0.05, 0) is 48.9 Å². The number of hydrogen-bond acceptors (Lipinski definition) is 7. The van der Waals surface area contributed by atoms with Crippen molar-refractivity contribution >= 4 is 26.8 Å². The Balaban J connectivity index is 1.78. The molecule has 0 radical (unpaired) electrons. The molecule has 0 saturated heterocycles. The van der Waals surface area contributed by atoms with Crippen LogP contribution in [0.5, 0.6) is 11.5 Å². The summed E-state index contributed by atoms with van der Waals surface area (Å²) in [5.41, 5.74) is 3.00. The lowest BCUT2D eigenvalue weighted by Crippen LogP contribution is -2.15. The third-order valence-corrected chi connectivity index (χ3v) is 6.04. The van der Waals surface area contributed by atoms with Crippen molar-refractivity contribution in [2.45, 2.75) is 11.8 Å². The largest absolute Gasteiger partial charge is 0.495 e. The molecule has 0 aliphatic carbocycles. The van der Waals surface area contributed by atoms with E-state index in [0.717, 1.165) is 16.8 Å². The third kappa shape index (κ3) is 3.43. The number of pyridine rings is 1. The highest BCUT2D eigenvalue weighted by atomic mass is 32.2. The zero-order valence-electron chi connectivity index (χ0n) is 16.5. The average molecular weight is 425 g/mol. The van der Waals surface area contributed by atoms with Crippen LogP contribution < -0.4 is 14.2 Å². The van der Waals surface area contributed by atoms with Crippen molar-refractivity contribution in [1.29, 1.82) is 0 Å². The molecule has 0 amide bonds. The zero-order valence-corrected chi connectivity index (χ0v) is 17.4. The molecule has 0 aliphatic rings. The van der Waals surface area contributed by atoms with Gasteiger partial charge in [0.25, 0.3) is 10.0 Å². The predicted octanol–water partition coefficient (Wildman–Crippen LogP) is 4.02. The van der Waals surface area contributed by atoms with Crippen molar-refractivity contribution in [2.24, 2.45) is 0 Å². The van der Waals surface area contributed by atoms with Crippen LogP contribution in [0.4, 0.5) is 5.82 Å². The van der Waals surface area contributed by atoms with E-state index in [0.29, 0.717) is 11.0 Å². The molecule has 0 atom stereocenters. The summed E-state index contributed by atoms with van der Waals surface area (Å²) >= 11 is 0. The lowest BCUT2D eigenvalue weighted by Gasteiger charge is -2.13. The van der Waals surface area contributed by atoms with E-state index in [1.807, 2.05) is 31.2 Å². The Kier molecular flexibility index (Phi) is 5.04. The van der Waals surface area contributed by atoms with Crippen LogP contribution in [0.3, 0.4) is 0 Å². The third-order valence-electron chi connectivity index (χ3n) is 4.64. The predicted molar refractivity (Wildman–Crippen MR) is 112 cm³/mol. The maximum atomic E-state index is 13.1. The molecule has 2 heterocycles. The molecule has 2 aromatic carbocycles. The summed E-state index contributed by atoms with van der Waals surface area (Å²) in [6.45, 7) is 1.91. The number of hydrogen-bond donors (Lipinski definition) is 1. The molecule has 0 unspecified atom stereocenters. The lowest BCUT2D eigenvalue weighted by atomic mass is 10.0. The van der Waals surface area contributed by atoms with Gasteiger partial charge in [-0.1, -0.05) is 17.3 Å². The number of sulfonamides is 1. The molecule has 1 N–H and O–H groups in total. The zero-order chi connectivity index (χ0) is 21.3. The fourth-order valence-corrected chi connectivity index (χ4v) is 4.56. The van der Waals surface area contributed by atoms with Gasteiger partial charge in [-0.3, -0.25) is 9.71 Å². The summed E-state index contributed by atoms with van der Waals surface area (Å²) in [4.78, 5) is 4.24. The van der Waals surface area contributed by atoms with Crippen LogP contribution in [0.1, 0.15) is 5.56 Å². The summed E-state index contributed by atoms with van der Waals surface area (Å²) in [5, 5.41) is 4.46. The first-order valence-corrected chi connectivity index (χ1v) is 10.5. The number of nitrogens with one attached hydrogen (secondary N) is 1. The second-order valence-corrected chi connectivity index (χ2v) is 8.13. The van der Waals surface area contributed by atoms with E-state index >= 15 is 0 Å². The van der Waals surface area contributed by atoms with E-state index in [1.54, 1.807) is 30.5 Å². The smallest absolute Gasteiger partial charge is 0.270 e. The number of fused-ring (bicyclic) bond motifs is 1. The van der Waals surface area contributed by atoms with Gasteiger partial charge in [0.15, 0.2) is 16.3 Å². The molecule has 30 heavy (non-hydrogen) atoms. The van der Waals surface area contributed by atoms with Crippen LogP contribution in [0.15, 0.2) is 64.1 Å². The van der Waals surface area contributed by atoms with Crippen molar-refractivity contribution in [3.8, 4) is 22.8 Å². The molecule has 4 rings (SSSR count). The van der Waals surface area contributed by atoms with Crippen LogP contribution in [0, 0.1) is 6.92 Å². The second-order valence-electron chi connectivity index (χ2n) is 6.51. The highest BCUT2D eigenvalue weighted by Gasteiger charge is 2.27. The molecule has 4 aromatic rings. The van der Waals surface area contributed by atoms with Crippen LogP contribution >= 0.6 is 0 Å². The molecule has 154 valence electrons. The molecular weight excluding hydrogens is 406 g/mol. The number of anilines is 1. The molecule has 8 nitrogen and oxygen atoms in total. The Morgan fingerprint density at radius 2 is 1.73 bits per heavy atom. The Bertz CT molecular complexity index is 1300. The Morgan fingerprint density at radius 3 is 2.37 bits per heavy atom. The van der Waals surface area contributed by atoms with Gasteiger partial charge in [0.1, 0.15) is 11.5 Å². The summed E-state index contributed by atoms with van der Waals surface area (Å²) < 4.78 is 44.5. The topological polar surface area (TPSA) is 104 Å². The molecule has 9 heteroatoms. The molecule has 2 aromatic heterocycles. The number of methoxy groups -OCH3 is 2. The molecule has 0 saturated carbocycles. The fraction of sp³-hybridized carbons (Fsp3) is 0.143. The van der Waals surface area contributed by atoms with E-state index in [1.165, 1.54) is 14.2 Å². The summed E-state index contributed by atoms with van der Waals surface area (Å²) in [5.74, 6) is 0.389. The molecule has 0 bridgehead atoms. The molecule has 0 spiro atoms. The minimum Gasteiger partial charge on any atom is -0.495 e. The van der Waals surface area contributed by atoms with Crippen molar-refractivity contribution in [3.63, 3.8) is 0 Å². The Hall–Kier alpha value is -3.59. The fourth-order valence-electron chi connectivity index (χ4n) is 3.22. The van der Waals surface area contributed by atoms with E-state index in [4.69, 9.17) is 14.0 Å². The maximum Gasteiger partial charge on any atom is 0.270 e. The SMILES string of the molecule is COc1cccc(OC)c1S(=O)(=O)Nc1noc2cc(-c3ccccn3)c(C)cc12. The normalized spacial score (nSPS) is 11.4. The molecular formula is C21H19N3O5S. The monoisotopic (exact) mass is 425 g/mol. The van der Waals surface area contributed by atoms with Gasteiger partial charge in [0.05, 0.1) is 25.3 Å². The first-order chi connectivity index (χ1) is 14.4. The Morgan fingerprint density at radius 1 is 1.00 bits per heavy atom. The number of nitrogens with zero attached hydrogens (tertiary/aromatic N) is 2. The maximum absolute atomic E-state index is 13.1. The van der Waals surface area contributed by atoms with Crippen LogP contribution in [-0.2, 0) is 10.0 Å². The van der Waals surface area contributed by atoms with Crippen molar-refractivity contribution in [1.82, 2.24) is 10.1 Å². The highest BCUT2D eigenvalue weighted by Crippen LogP contribution is 2.36. The van der Waals surface area contributed by atoms with Crippen molar-refractivity contribution < 1.29 is 22.4 Å². The van der Waals surface area contributed by atoms with Gasteiger partial charge in [0, 0.05) is 11.8 Å². The van der Waals surface area contributed by atoms with E-state index in [-0.39, 0.29) is 22.2 Å². The van der Waals surface area contributed by atoms with Gasteiger partial charge in [-0.2, -0.15) is 0 Å². The molecule has 0 fully saturated rings. The van der Waals surface area contributed by atoms with Gasteiger partial charge in [-0.25, -0.2) is 8.42 Å². The van der Waals surface area contributed by atoms with E-state index < -0.39 is 10.0 Å². The minimum absolute atomic E-state index is 0.0774. The van der Waals surface area contributed by atoms with Crippen molar-refractivity contribution in [3.05, 3.63) is 60.3 Å². The minimum atomic E-state index is -4.07. The van der Waals surface area contributed by atoms with Gasteiger partial charge in [-0.15, -0.1) is 0 Å². The van der Waals surface area contributed by atoms with E-state index in [2.05, 4.69) is 14.9 Å². The van der Waals surface area contributed by atoms with Gasteiger partial charge in [0.2, 0.25) is 0 Å². The highest BCUT2D eigenvalue weighted by molar-refractivity contribution is 7.93. The molecule has 0 aliphatic heterocycles. The summed E-state index contributed by atoms with van der Waals surface area (Å²) in [6.07, 6.45) is 1.71. The Labute approximate surface area is 173 Å². The summed E-state index contributed by atoms with van der Waals surface area (Å²) in [7, 11) is -1.29. The number of ether oxygens (including phenoxy) is 2.